The predicted octanol–water partition coefficient (Wildman–Crippen LogP) is 3.15. The largest absolute Gasteiger partial charge is 0.469 e. The van der Waals surface area contributed by atoms with E-state index in [-0.39, 0.29) is 18.2 Å². The maximum atomic E-state index is 13.2. The average Bonchev–Trinajstić information content (AvgIpc) is 2.50. The van der Waals surface area contributed by atoms with Gasteiger partial charge in [-0.25, -0.2) is 0 Å². The molecule has 0 heterocycles. The quantitative estimate of drug-likeness (QED) is 0.573. The molecule has 4 unspecified atom stereocenters. The van der Waals surface area contributed by atoms with Crippen molar-refractivity contribution < 1.29 is 23.9 Å². The van der Waals surface area contributed by atoms with Crippen molar-refractivity contribution in [3.63, 3.8) is 0 Å². The summed E-state index contributed by atoms with van der Waals surface area (Å²) in [7, 11) is 2.61. The van der Waals surface area contributed by atoms with E-state index < -0.39 is 22.2 Å². The van der Waals surface area contributed by atoms with Crippen molar-refractivity contribution in [1.82, 2.24) is 0 Å². The van der Waals surface area contributed by atoms with Gasteiger partial charge in [0.15, 0.2) is 5.78 Å². The standard InChI is InChI=1S/C18H30O5/c1-8-12(2)9-16(3)10-17(4,14(20)22-6)11-18(5,13(16)19)15(21)23-7/h12H,8-11H2,1-7H3. The lowest BCUT2D eigenvalue weighted by molar-refractivity contribution is -0.177. The van der Waals surface area contributed by atoms with Gasteiger partial charge in [-0.15, -0.1) is 0 Å². The van der Waals surface area contributed by atoms with Crippen LogP contribution in [0.4, 0.5) is 0 Å². The van der Waals surface area contributed by atoms with Crippen molar-refractivity contribution in [3.8, 4) is 0 Å². The van der Waals surface area contributed by atoms with Gasteiger partial charge in [0.05, 0.1) is 19.6 Å². The normalized spacial score (nSPS) is 35.5. The van der Waals surface area contributed by atoms with Gasteiger partial charge < -0.3 is 9.47 Å². The lowest BCUT2D eigenvalue weighted by atomic mass is 9.52. The minimum Gasteiger partial charge on any atom is -0.469 e. The van der Waals surface area contributed by atoms with Crippen molar-refractivity contribution in [2.24, 2.45) is 22.2 Å². The fraction of sp³-hybridized carbons (Fsp3) is 0.833. The summed E-state index contributed by atoms with van der Waals surface area (Å²) in [4.78, 5) is 37.9. The Morgan fingerprint density at radius 1 is 1.09 bits per heavy atom. The lowest BCUT2D eigenvalue weighted by Gasteiger charge is -2.49. The van der Waals surface area contributed by atoms with E-state index in [1.165, 1.54) is 14.2 Å². The second-order valence-electron chi connectivity index (χ2n) is 7.84. The summed E-state index contributed by atoms with van der Waals surface area (Å²) < 4.78 is 9.84. The molecule has 1 saturated carbocycles. The molecule has 5 nitrogen and oxygen atoms in total. The first-order valence-electron chi connectivity index (χ1n) is 8.21. The summed E-state index contributed by atoms with van der Waals surface area (Å²) in [6.07, 6.45) is 2.09. The molecule has 0 aromatic rings. The SMILES string of the molecule is CCC(C)CC1(C)CC(C)(C(=O)OC)CC(C)(C(=O)OC)C1=O. The molecular formula is C18H30O5. The second-order valence-corrected chi connectivity index (χ2v) is 7.84. The summed E-state index contributed by atoms with van der Waals surface area (Å²) >= 11 is 0. The Labute approximate surface area is 139 Å². The summed E-state index contributed by atoms with van der Waals surface area (Å²) in [5.74, 6) is -0.757. The van der Waals surface area contributed by atoms with E-state index in [1.54, 1.807) is 13.8 Å². The van der Waals surface area contributed by atoms with Gasteiger partial charge in [-0.3, -0.25) is 14.4 Å². The van der Waals surface area contributed by atoms with Gasteiger partial charge >= 0.3 is 11.9 Å². The van der Waals surface area contributed by atoms with Gasteiger partial charge in [-0.1, -0.05) is 27.2 Å². The van der Waals surface area contributed by atoms with Crippen LogP contribution in [0.5, 0.6) is 0 Å². The van der Waals surface area contributed by atoms with Crippen molar-refractivity contribution in [3.05, 3.63) is 0 Å². The molecule has 23 heavy (non-hydrogen) atoms. The van der Waals surface area contributed by atoms with E-state index >= 15 is 0 Å². The summed E-state index contributed by atoms with van der Waals surface area (Å²) in [5, 5.41) is 0. The molecule has 0 N–H and O–H groups in total. The zero-order valence-electron chi connectivity index (χ0n) is 15.4. The molecule has 1 rings (SSSR count). The molecule has 4 atom stereocenters. The van der Waals surface area contributed by atoms with Crippen LogP contribution in [0.3, 0.4) is 0 Å². The maximum Gasteiger partial charge on any atom is 0.319 e. The molecule has 5 heteroatoms. The smallest absolute Gasteiger partial charge is 0.319 e. The highest BCUT2D eigenvalue weighted by molar-refractivity contribution is 6.07. The number of Topliss-reactive ketones (excluding diaryl/α,β-unsaturated/α-hetero) is 1. The maximum absolute atomic E-state index is 13.2. The Balaban J connectivity index is 3.38. The van der Waals surface area contributed by atoms with Crippen molar-refractivity contribution in [1.29, 1.82) is 0 Å². The Bertz CT molecular complexity index is 500. The number of ether oxygens (including phenoxy) is 2. The molecule has 0 spiro atoms. The fourth-order valence-electron chi connectivity index (χ4n) is 4.39. The number of rotatable bonds is 5. The van der Waals surface area contributed by atoms with Crippen molar-refractivity contribution in [2.45, 2.75) is 60.3 Å². The topological polar surface area (TPSA) is 69.7 Å². The molecule has 0 aromatic carbocycles. The van der Waals surface area contributed by atoms with E-state index in [1.807, 2.05) is 6.92 Å². The van der Waals surface area contributed by atoms with Crippen LogP contribution in [-0.4, -0.2) is 31.9 Å². The van der Waals surface area contributed by atoms with E-state index in [4.69, 9.17) is 9.47 Å². The molecule has 0 saturated heterocycles. The van der Waals surface area contributed by atoms with Crippen LogP contribution >= 0.6 is 0 Å². The molecule has 1 aliphatic carbocycles. The number of esters is 2. The zero-order chi connectivity index (χ0) is 18.1. The van der Waals surface area contributed by atoms with Crippen LogP contribution in [0.15, 0.2) is 0 Å². The van der Waals surface area contributed by atoms with Crippen LogP contribution < -0.4 is 0 Å². The number of hydrogen-bond acceptors (Lipinski definition) is 5. The first-order valence-corrected chi connectivity index (χ1v) is 8.21. The molecule has 0 aliphatic heterocycles. The number of hydrogen-bond donors (Lipinski definition) is 0. The minimum atomic E-state index is -1.32. The van der Waals surface area contributed by atoms with Gasteiger partial charge in [0, 0.05) is 5.41 Å². The molecule has 0 bridgehead atoms. The fourth-order valence-corrected chi connectivity index (χ4v) is 4.39. The van der Waals surface area contributed by atoms with Gasteiger partial charge in [-0.05, 0) is 39.0 Å². The minimum absolute atomic E-state index is 0.119. The van der Waals surface area contributed by atoms with Gasteiger partial charge in [0.2, 0.25) is 0 Å². The summed E-state index contributed by atoms with van der Waals surface area (Å²) in [6.45, 7) is 9.39. The van der Waals surface area contributed by atoms with Crippen LogP contribution in [0.25, 0.3) is 0 Å². The monoisotopic (exact) mass is 326 g/mol. The van der Waals surface area contributed by atoms with Crippen molar-refractivity contribution in [2.75, 3.05) is 14.2 Å². The Kier molecular flexibility index (Phi) is 5.65. The highest BCUT2D eigenvalue weighted by atomic mass is 16.5. The lowest BCUT2D eigenvalue weighted by Crippen LogP contribution is -2.57. The molecular weight excluding hydrogens is 296 g/mol. The molecule has 1 aliphatic rings. The van der Waals surface area contributed by atoms with Gasteiger partial charge in [0.25, 0.3) is 0 Å². The predicted molar refractivity (Wildman–Crippen MR) is 86.7 cm³/mol. The van der Waals surface area contributed by atoms with E-state index in [2.05, 4.69) is 13.8 Å². The summed E-state index contributed by atoms with van der Waals surface area (Å²) in [5.41, 5.74) is -2.95. The molecule has 0 amide bonds. The van der Waals surface area contributed by atoms with Gasteiger partial charge in [0.1, 0.15) is 5.41 Å². The Morgan fingerprint density at radius 2 is 1.61 bits per heavy atom. The van der Waals surface area contributed by atoms with Crippen molar-refractivity contribution >= 4 is 17.7 Å². The molecule has 132 valence electrons. The average molecular weight is 326 g/mol. The molecule has 0 radical (unpaired) electrons. The second kappa shape index (κ2) is 6.62. The number of methoxy groups -OCH3 is 2. The first-order chi connectivity index (χ1) is 10.5. The summed E-state index contributed by atoms with van der Waals surface area (Å²) in [6, 6.07) is 0. The van der Waals surface area contributed by atoms with E-state index in [0.29, 0.717) is 18.8 Å². The third-order valence-electron chi connectivity index (χ3n) is 5.38. The highest BCUT2D eigenvalue weighted by Crippen LogP contribution is 2.55. The van der Waals surface area contributed by atoms with E-state index in [0.717, 1.165) is 6.42 Å². The first kappa shape index (κ1) is 19.7. The molecule has 1 fully saturated rings. The Morgan fingerprint density at radius 3 is 2.04 bits per heavy atom. The van der Waals surface area contributed by atoms with Crippen LogP contribution in [0.1, 0.15) is 60.3 Å². The zero-order valence-corrected chi connectivity index (χ0v) is 15.4. The number of carbonyl (C=O) groups is 3. The number of ketones is 1. The Hall–Kier alpha value is -1.39. The van der Waals surface area contributed by atoms with Gasteiger partial charge in [-0.2, -0.15) is 0 Å². The third-order valence-corrected chi connectivity index (χ3v) is 5.38. The van der Waals surface area contributed by atoms with Crippen LogP contribution in [0, 0.1) is 22.2 Å². The third kappa shape index (κ3) is 3.43. The molecule has 0 aromatic heterocycles. The van der Waals surface area contributed by atoms with E-state index in [9.17, 15) is 14.4 Å². The van der Waals surface area contributed by atoms with Crippen LogP contribution in [0.2, 0.25) is 0 Å². The number of carbonyl (C=O) groups excluding carboxylic acids is 3. The highest BCUT2D eigenvalue weighted by Gasteiger charge is 2.61. The van der Waals surface area contributed by atoms with Crippen LogP contribution in [-0.2, 0) is 23.9 Å².